The molecule has 0 bridgehead atoms. The number of rotatable bonds is 6. The molecule has 2 unspecified atom stereocenters. The zero-order chi connectivity index (χ0) is 12.9. The Morgan fingerprint density at radius 3 is 2.76 bits per heavy atom. The molecule has 17 heavy (non-hydrogen) atoms. The molecule has 0 spiro atoms. The van der Waals surface area contributed by atoms with Crippen molar-refractivity contribution in [2.45, 2.75) is 57.5 Å². The SMILES string of the molecule is CCCCN(CC)C1CCC(N)(C(=O)OC)C1. The van der Waals surface area contributed by atoms with Gasteiger partial charge < -0.3 is 15.4 Å². The molecular formula is C13H26N2O2. The summed E-state index contributed by atoms with van der Waals surface area (Å²) in [6, 6.07) is 0.440. The van der Waals surface area contributed by atoms with E-state index in [0.717, 1.165) is 32.4 Å². The normalized spacial score (nSPS) is 28.6. The van der Waals surface area contributed by atoms with Gasteiger partial charge in [0.2, 0.25) is 0 Å². The van der Waals surface area contributed by atoms with Gasteiger partial charge in [0.25, 0.3) is 0 Å². The Morgan fingerprint density at radius 1 is 1.53 bits per heavy atom. The number of nitrogens with two attached hydrogens (primary N) is 1. The number of ether oxygens (including phenoxy) is 1. The summed E-state index contributed by atoms with van der Waals surface area (Å²) in [5, 5.41) is 0. The Balaban J connectivity index is 2.55. The van der Waals surface area contributed by atoms with Crippen LogP contribution in [0.1, 0.15) is 46.0 Å². The summed E-state index contributed by atoms with van der Waals surface area (Å²) in [5.74, 6) is -0.258. The summed E-state index contributed by atoms with van der Waals surface area (Å²) in [6.07, 6.45) is 4.89. The second kappa shape index (κ2) is 6.36. The van der Waals surface area contributed by atoms with Crippen LogP contribution in [0.2, 0.25) is 0 Å². The van der Waals surface area contributed by atoms with Crippen LogP contribution in [-0.4, -0.2) is 42.6 Å². The summed E-state index contributed by atoms with van der Waals surface area (Å²) in [6.45, 7) is 6.51. The number of hydrogen-bond acceptors (Lipinski definition) is 4. The predicted molar refractivity (Wildman–Crippen MR) is 68.7 cm³/mol. The maximum Gasteiger partial charge on any atom is 0.325 e. The summed E-state index contributed by atoms with van der Waals surface area (Å²) in [7, 11) is 1.42. The first kappa shape index (κ1) is 14.5. The van der Waals surface area contributed by atoms with E-state index in [0.29, 0.717) is 6.04 Å². The van der Waals surface area contributed by atoms with E-state index in [1.807, 2.05) is 0 Å². The molecule has 4 heteroatoms. The van der Waals surface area contributed by atoms with Crippen LogP contribution >= 0.6 is 0 Å². The topological polar surface area (TPSA) is 55.6 Å². The van der Waals surface area contributed by atoms with Gasteiger partial charge in [-0.05, 0) is 38.8 Å². The molecular weight excluding hydrogens is 216 g/mol. The minimum atomic E-state index is -0.751. The maximum absolute atomic E-state index is 11.6. The van der Waals surface area contributed by atoms with Crippen molar-refractivity contribution < 1.29 is 9.53 Å². The highest BCUT2D eigenvalue weighted by Crippen LogP contribution is 2.32. The molecule has 0 heterocycles. The van der Waals surface area contributed by atoms with Gasteiger partial charge in [-0.2, -0.15) is 0 Å². The minimum absolute atomic E-state index is 0.258. The summed E-state index contributed by atoms with van der Waals surface area (Å²) < 4.78 is 4.80. The number of unbranched alkanes of at least 4 members (excludes halogenated alkanes) is 1. The number of carbonyl (C=O) groups excluding carboxylic acids is 1. The quantitative estimate of drug-likeness (QED) is 0.718. The molecule has 0 aromatic rings. The molecule has 0 saturated heterocycles. The highest BCUT2D eigenvalue weighted by Gasteiger charge is 2.44. The Labute approximate surface area is 104 Å². The summed E-state index contributed by atoms with van der Waals surface area (Å²) in [4.78, 5) is 14.1. The second-order valence-electron chi connectivity index (χ2n) is 5.03. The molecule has 1 rings (SSSR count). The summed E-state index contributed by atoms with van der Waals surface area (Å²) in [5.41, 5.74) is 5.37. The average molecular weight is 242 g/mol. The van der Waals surface area contributed by atoms with E-state index in [4.69, 9.17) is 10.5 Å². The maximum atomic E-state index is 11.6. The van der Waals surface area contributed by atoms with Crippen molar-refractivity contribution in [1.82, 2.24) is 4.90 Å². The first-order chi connectivity index (χ1) is 8.07. The van der Waals surface area contributed by atoms with Gasteiger partial charge in [0.15, 0.2) is 0 Å². The average Bonchev–Trinajstić information content (AvgIpc) is 2.73. The van der Waals surface area contributed by atoms with E-state index < -0.39 is 5.54 Å². The molecule has 1 saturated carbocycles. The number of methoxy groups -OCH3 is 1. The Hall–Kier alpha value is -0.610. The first-order valence-electron chi connectivity index (χ1n) is 6.68. The van der Waals surface area contributed by atoms with Crippen LogP contribution in [0.3, 0.4) is 0 Å². The monoisotopic (exact) mass is 242 g/mol. The molecule has 1 fully saturated rings. The lowest BCUT2D eigenvalue weighted by molar-refractivity contribution is -0.147. The van der Waals surface area contributed by atoms with Crippen molar-refractivity contribution in [2.24, 2.45) is 5.73 Å². The minimum Gasteiger partial charge on any atom is -0.468 e. The van der Waals surface area contributed by atoms with Gasteiger partial charge in [-0.3, -0.25) is 4.79 Å². The summed E-state index contributed by atoms with van der Waals surface area (Å²) >= 11 is 0. The lowest BCUT2D eigenvalue weighted by Crippen LogP contribution is -2.48. The van der Waals surface area contributed by atoms with Crippen LogP contribution in [0.25, 0.3) is 0 Å². The van der Waals surface area contributed by atoms with E-state index in [-0.39, 0.29) is 5.97 Å². The van der Waals surface area contributed by atoms with Crippen LogP contribution in [-0.2, 0) is 9.53 Å². The Bertz CT molecular complexity index is 258. The van der Waals surface area contributed by atoms with Gasteiger partial charge in [0.1, 0.15) is 5.54 Å². The van der Waals surface area contributed by atoms with E-state index in [1.165, 1.54) is 20.0 Å². The number of carbonyl (C=O) groups is 1. The van der Waals surface area contributed by atoms with Crippen molar-refractivity contribution in [3.05, 3.63) is 0 Å². The van der Waals surface area contributed by atoms with Crippen LogP contribution in [0, 0.1) is 0 Å². The third-order valence-corrected chi connectivity index (χ3v) is 3.84. The molecule has 0 aromatic carbocycles. The highest BCUT2D eigenvalue weighted by molar-refractivity contribution is 5.81. The van der Waals surface area contributed by atoms with Crippen molar-refractivity contribution in [3.8, 4) is 0 Å². The van der Waals surface area contributed by atoms with Crippen molar-refractivity contribution in [2.75, 3.05) is 20.2 Å². The van der Waals surface area contributed by atoms with E-state index in [1.54, 1.807) is 0 Å². The van der Waals surface area contributed by atoms with Gasteiger partial charge in [-0.25, -0.2) is 0 Å². The Morgan fingerprint density at radius 2 is 2.24 bits per heavy atom. The van der Waals surface area contributed by atoms with E-state index in [9.17, 15) is 4.79 Å². The standard InChI is InChI=1S/C13H26N2O2/c1-4-6-9-15(5-2)11-7-8-13(14,10-11)12(16)17-3/h11H,4-10,14H2,1-3H3. The van der Waals surface area contributed by atoms with Crippen LogP contribution < -0.4 is 5.73 Å². The fourth-order valence-corrected chi connectivity index (χ4v) is 2.71. The van der Waals surface area contributed by atoms with Gasteiger partial charge >= 0.3 is 5.97 Å². The van der Waals surface area contributed by atoms with Gasteiger partial charge in [-0.15, -0.1) is 0 Å². The fraction of sp³-hybridized carbons (Fsp3) is 0.923. The largest absolute Gasteiger partial charge is 0.468 e. The van der Waals surface area contributed by atoms with Gasteiger partial charge in [-0.1, -0.05) is 20.3 Å². The number of esters is 1. The zero-order valence-corrected chi connectivity index (χ0v) is 11.4. The molecule has 0 radical (unpaired) electrons. The third kappa shape index (κ3) is 3.42. The van der Waals surface area contributed by atoms with Gasteiger partial charge in [0, 0.05) is 6.04 Å². The molecule has 1 aliphatic rings. The number of hydrogen-bond donors (Lipinski definition) is 1. The fourth-order valence-electron chi connectivity index (χ4n) is 2.71. The number of nitrogens with zero attached hydrogens (tertiary/aromatic N) is 1. The van der Waals surface area contributed by atoms with Crippen molar-refractivity contribution >= 4 is 5.97 Å². The first-order valence-corrected chi connectivity index (χ1v) is 6.68. The lowest BCUT2D eigenvalue weighted by atomic mass is 9.99. The molecule has 1 aliphatic carbocycles. The third-order valence-electron chi connectivity index (χ3n) is 3.84. The van der Waals surface area contributed by atoms with Crippen LogP contribution in [0.4, 0.5) is 0 Å². The van der Waals surface area contributed by atoms with Crippen molar-refractivity contribution in [1.29, 1.82) is 0 Å². The predicted octanol–water partition coefficient (Wildman–Crippen LogP) is 1.53. The van der Waals surface area contributed by atoms with Gasteiger partial charge in [0.05, 0.1) is 7.11 Å². The van der Waals surface area contributed by atoms with Crippen LogP contribution in [0.5, 0.6) is 0 Å². The molecule has 0 amide bonds. The molecule has 0 aliphatic heterocycles. The second-order valence-corrected chi connectivity index (χ2v) is 5.03. The molecule has 0 aromatic heterocycles. The lowest BCUT2D eigenvalue weighted by Gasteiger charge is -2.28. The molecule has 4 nitrogen and oxygen atoms in total. The molecule has 100 valence electrons. The van der Waals surface area contributed by atoms with E-state index in [2.05, 4.69) is 18.7 Å². The van der Waals surface area contributed by atoms with Crippen molar-refractivity contribution in [3.63, 3.8) is 0 Å². The smallest absolute Gasteiger partial charge is 0.325 e. The van der Waals surface area contributed by atoms with Crippen LogP contribution in [0.15, 0.2) is 0 Å². The molecule has 2 atom stereocenters. The molecule has 2 N–H and O–H groups in total. The zero-order valence-electron chi connectivity index (χ0n) is 11.4. The Kier molecular flexibility index (Phi) is 5.40. The highest BCUT2D eigenvalue weighted by atomic mass is 16.5. The van der Waals surface area contributed by atoms with E-state index >= 15 is 0 Å².